The number of esters is 2. The number of hydrogen-bond acceptors (Lipinski definition) is 6. The van der Waals surface area contributed by atoms with Gasteiger partial charge in [-0.1, -0.05) is 0 Å². The predicted molar refractivity (Wildman–Crippen MR) is 79.6 cm³/mol. The SMILES string of the molecule is COC(=O)c1cc(=O)n(C)[nH]1.COC(=O)c1cc(Br)n(C)n1. The molecule has 120 valence electrons. The van der Waals surface area contributed by atoms with Gasteiger partial charge in [0, 0.05) is 26.2 Å². The van der Waals surface area contributed by atoms with Gasteiger partial charge in [0.15, 0.2) is 5.69 Å². The molecule has 22 heavy (non-hydrogen) atoms. The van der Waals surface area contributed by atoms with Crippen molar-refractivity contribution in [3.8, 4) is 0 Å². The van der Waals surface area contributed by atoms with Crippen molar-refractivity contribution in [2.45, 2.75) is 0 Å². The number of methoxy groups -OCH3 is 2. The molecule has 0 bridgehead atoms. The van der Waals surface area contributed by atoms with Crippen LogP contribution in [0.4, 0.5) is 0 Å². The summed E-state index contributed by atoms with van der Waals surface area (Å²) in [5.74, 6) is -0.964. The third-order valence-corrected chi connectivity index (χ3v) is 3.25. The fraction of sp³-hybridized carbons (Fsp3) is 0.333. The van der Waals surface area contributed by atoms with Crippen LogP contribution in [-0.4, -0.2) is 45.7 Å². The van der Waals surface area contributed by atoms with Gasteiger partial charge in [-0.25, -0.2) is 9.59 Å². The van der Waals surface area contributed by atoms with E-state index in [9.17, 15) is 14.4 Å². The fourth-order valence-corrected chi connectivity index (χ4v) is 1.65. The van der Waals surface area contributed by atoms with Crippen molar-refractivity contribution in [3.63, 3.8) is 0 Å². The van der Waals surface area contributed by atoms with Crippen molar-refractivity contribution >= 4 is 27.9 Å². The number of aromatic nitrogens is 4. The molecule has 0 unspecified atom stereocenters. The molecular weight excluding hydrogens is 360 g/mol. The quantitative estimate of drug-likeness (QED) is 0.765. The van der Waals surface area contributed by atoms with E-state index in [1.807, 2.05) is 0 Å². The Morgan fingerprint density at radius 2 is 1.77 bits per heavy atom. The molecule has 10 heteroatoms. The molecule has 2 aromatic heterocycles. The van der Waals surface area contributed by atoms with Crippen LogP contribution in [-0.2, 0) is 23.6 Å². The Kier molecular flexibility index (Phi) is 6.11. The highest BCUT2D eigenvalue weighted by Gasteiger charge is 2.10. The summed E-state index contributed by atoms with van der Waals surface area (Å²) >= 11 is 3.21. The van der Waals surface area contributed by atoms with E-state index in [0.29, 0.717) is 5.69 Å². The summed E-state index contributed by atoms with van der Waals surface area (Å²) in [7, 11) is 5.84. The second-order valence-corrected chi connectivity index (χ2v) is 4.84. The highest BCUT2D eigenvalue weighted by atomic mass is 79.9. The minimum atomic E-state index is -0.539. The molecule has 2 heterocycles. The smallest absolute Gasteiger partial charge is 0.358 e. The summed E-state index contributed by atoms with van der Waals surface area (Å²) < 4.78 is 12.3. The average Bonchev–Trinajstić information content (AvgIpc) is 3.01. The van der Waals surface area contributed by atoms with Crippen LogP contribution in [0.5, 0.6) is 0 Å². The van der Waals surface area contributed by atoms with E-state index in [-0.39, 0.29) is 11.3 Å². The molecule has 0 saturated heterocycles. The van der Waals surface area contributed by atoms with Crippen molar-refractivity contribution in [1.29, 1.82) is 0 Å². The summed E-state index contributed by atoms with van der Waals surface area (Å²) in [6.45, 7) is 0. The number of rotatable bonds is 2. The molecule has 2 rings (SSSR count). The second-order valence-electron chi connectivity index (χ2n) is 4.03. The minimum absolute atomic E-state index is 0.167. The number of H-pyrrole nitrogens is 1. The monoisotopic (exact) mass is 374 g/mol. The molecule has 0 radical (unpaired) electrons. The highest BCUT2D eigenvalue weighted by Crippen LogP contribution is 2.10. The van der Waals surface area contributed by atoms with E-state index < -0.39 is 11.9 Å². The van der Waals surface area contributed by atoms with Crippen LogP contribution < -0.4 is 5.56 Å². The molecule has 0 saturated carbocycles. The Hall–Kier alpha value is -2.36. The number of aromatic amines is 1. The van der Waals surface area contributed by atoms with Crippen LogP contribution in [0.15, 0.2) is 21.5 Å². The van der Waals surface area contributed by atoms with Gasteiger partial charge in [-0.3, -0.25) is 19.3 Å². The van der Waals surface area contributed by atoms with Crippen LogP contribution >= 0.6 is 15.9 Å². The van der Waals surface area contributed by atoms with Crippen molar-refractivity contribution in [2.75, 3.05) is 14.2 Å². The summed E-state index contributed by atoms with van der Waals surface area (Å²) in [4.78, 5) is 32.4. The molecule has 0 aromatic carbocycles. The molecule has 0 fully saturated rings. The first kappa shape index (κ1) is 17.7. The number of hydrogen-bond donors (Lipinski definition) is 1. The third-order valence-electron chi connectivity index (χ3n) is 2.51. The van der Waals surface area contributed by atoms with Gasteiger partial charge in [-0.15, -0.1) is 0 Å². The maximum Gasteiger partial charge on any atom is 0.358 e. The van der Waals surface area contributed by atoms with E-state index in [2.05, 4.69) is 35.6 Å². The van der Waals surface area contributed by atoms with E-state index in [1.54, 1.807) is 17.8 Å². The fourth-order valence-electron chi connectivity index (χ4n) is 1.35. The molecule has 2 aromatic rings. The standard InChI is InChI=1S/C6H7BrN2O2.C6H8N2O3/c1-9-5(7)3-4(8-9)6(10)11-2;1-8-5(9)3-4(7-8)6(10)11-2/h3H,1-2H3;3,7H,1-2H3. The molecule has 0 spiro atoms. The van der Waals surface area contributed by atoms with Gasteiger partial charge in [0.25, 0.3) is 5.56 Å². The molecule has 1 N–H and O–H groups in total. The first-order chi connectivity index (χ1) is 10.3. The van der Waals surface area contributed by atoms with Gasteiger partial charge < -0.3 is 9.47 Å². The Balaban J connectivity index is 0.000000220. The summed E-state index contributed by atoms with van der Waals surface area (Å²) in [6, 6.07) is 2.79. The summed E-state index contributed by atoms with van der Waals surface area (Å²) in [5, 5.41) is 6.40. The van der Waals surface area contributed by atoms with Crippen LogP contribution in [0.2, 0.25) is 0 Å². The lowest BCUT2D eigenvalue weighted by Gasteiger charge is -1.92. The largest absolute Gasteiger partial charge is 0.464 e. The third kappa shape index (κ3) is 4.32. The lowest BCUT2D eigenvalue weighted by atomic mass is 10.4. The topological polar surface area (TPSA) is 108 Å². The zero-order valence-electron chi connectivity index (χ0n) is 12.4. The average molecular weight is 375 g/mol. The van der Waals surface area contributed by atoms with Gasteiger partial charge in [0.1, 0.15) is 10.3 Å². The first-order valence-corrected chi connectivity index (χ1v) is 6.71. The Labute approximate surface area is 133 Å². The van der Waals surface area contributed by atoms with Crippen LogP contribution in [0.3, 0.4) is 0 Å². The van der Waals surface area contributed by atoms with Gasteiger partial charge in [-0.05, 0) is 15.9 Å². The summed E-state index contributed by atoms with van der Waals surface area (Å²) in [5.41, 5.74) is 0.215. The lowest BCUT2D eigenvalue weighted by Crippen LogP contribution is -2.10. The van der Waals surface area contributed by atoms with Crippen LogP contribution in [0.1, 0.15) is 21.0 Å². The van der Waals surface area contributed by atoms with E-state index >= 15 is 0 Å². The van der Waals surface area contributed by atoms with Gasteiger partial charge in [0.05, 0.1) is 14.2 Å². The number of aryl methyl sites for hydroxylation is 2. The first-order valence-electron chi connectivity index (χ1n) is 5.92. The maximum atomic E-state index is 10.9. The van der Waals surface area contributed by atoms with Crippen molar-refractivity contribution in [2.24, 2.45) is 14.1 Å². The molecule has 0 aliphatic rings. The van der Waals surface area contributed by atoms with Crippen molar-refractivity contribution in [1.82, 2.24) is 19.6 Å². The zero-order valence-corrected chi connectivity index (χ0v) is 14.0. The van der Waals surface area contributed by atoms with Gasteiger partial charge in [-0.2, -0.15) is 5.10 Å². The molecule has 0 aliphatic heterocycles. The maximum absolute atomic E-state index is 10.9. The van der Waals surface area contributed by atoms with E-state index in [1.165, 1.54) is 32.0 Å². The number of carbonyl (C=O) groups excluding carboxylic acids is 2. The van der Waals surface area contributed by atoms with Crippen LogP contribution in [0, 0.1) is 0 Å². The Bertz CT molecular complexity index is 711. The number of ether oxygens (including phenoxy) is 2. The van der Waals surface area contributed by atoms with Crippen LogP contribution in [0.25, 0.3) is 0 Å². The van der Waals surface area contributed by atoms with Gasteiger partial charge >= 0.3 is 11.9 Å². The van der Waals surface area contributed by atoms with E-state index in [0.717, 1.165) is 4.60 Å². The normalized spacial score (nSPS) is 9.68. The number of halogens is 1. The zero-order chi connectivity index (χ0) is 16.9. The van der Waals surface area contributed by atoms with E-state index in [4.69, 9.17) is 0 Å². The number of carbonyl (C=O) groups is 2. The Morgan fingerprint density at radius 1 is 1.18 bits per heavy atom. The van der Waals surface area contributed by atoms with Crippen molar-refractivity contribution in [3.05, 3.63) is 38.5 Å². The molecule has 9 nitrogen and oxygen atoms in total. The van der Waals surface area contributed by atoms with Gasteiger partial charge in [0.2, 0.25) is 0 Å². The molecular formula is C12H15BrN4O5. The number of nitrogens with one attached hydrogen (secondary N) is 1. The molecule has 0 amide bonds. The highest BCUT2D eigenvalue weighted by molar-refractivity contribution is 9.10. The number of nitrogens with zero attached hydrogens (tertiary/aromatic N) is 3. The molecule has 0 aliphatic carbocycles. The summed E-state index contributed by atoms with van der Waals surface area (Å²) in [6.07, 6.45) is 0. The Morgan fingerprint density at radius 3 is 2.14 bits per heavy atom. The second kappa shape index (κ2) is 7.59. The predicted octanol–water partition coefficient (Wildman–Crippen LogP) is 0.469. The lowest BCUT2D eigenvalue weighted by molar-refractivity contribution is 0.0584. The minimum Gasteiger partial charge on any atom is -0.464 e. The van der Waals surface area contributed by atoms with Crippen molar-refractivity contribution < 1.29 is 19.1 Å². The molecule has 0 atom stereocenters.